The number of aliphatic hydroxyl groups excluding tert-OH is 4. The molecule has 3 unspecified atom stereocenters. The van der Waals surface area contributed by atoms with E-state index in [9.17, 15) is 30.0 Å². The normalized spacial score (nSPS) is 35.8. The van der Waals surface area contributed by atoms with Gasteiger partial charge in [-0.15, -0.1) is 0 Å². The third-order valence-electron chi connectivity index (χ3n) is 3.69. The molecule has 1 aliphatic heterocycles. The standard InChI is InChI=1S/C13H24N2O9/c1-3-23-11(21)12(22)4-8(19)13(14,15-6(2)17)10(24-12)9(20)7(18)5-16/h7-10,16,18-20,22H,3-5,14H2,1-2H3,(H,15,17)/t7?,8-,9?,10-,12?,13-/m0/s1. The first-order chi connectivity index (χ1) is 11.0. The van der Waals surface area contributed by atoms with Gasteiger partial charge in [-0.25, -0.2) is 4.79 Å². The highest BCUT2D eigenvalue weighted by atomic mass is 16.7. The van der Waals surface area contributed by atoms with E-state index in [0.717, 1.165) is 6.92 Å². The van der Waals surface area contributed by atoms with Gasteiger partial charge in [-0.1, -0.05) is 0 Å². The molecule has 11 nitrogen and oxygen atoms in total. The fraction of sp³-hybridized carbons (Fsp3) is 0.846. The number of carbonyl (C=O) groups excluding carboxylic acids is 2. The maximum Gasteiger partial charge on any atom is 0.366 e. The summed E-state index contributed by atoms with van der Waals surface area (Å²) in [6.45, 7) is 1.57. The lowest BCUT2D eigenvalue weighted by Crippen LogP contribution is -2.79. The van der Waals surface area contributed by atoms with Crippen molar-refractivity contribution >= 4 is 11.9 Å². The smallest absolute Gasteiger partial charge is 0.366 e. The van der Waals surface area contributed by atoms with Gasteiger partial charge in [-0.05, 0) is 6.92 Å². The van der Waals surface area contributed by atoms with Crippen LogP contribution < -0.4 is 11.1 Å². The minimum atomic E-state index is -2.66. The van der Waals surface area contributed by atoms with Crippen LogP contribution in [-0.2, 0) is 19.1 Å². The van der Waals surface area contributed by atoms with Crippen LogP contribution in [0.1, 0.15) is 20.3 Å². The molecule has 0 spiro atoms. The molecule has 8 N–H and O–H groups in total. The quantitative estimate of drug-likeness (QED) is 0.182. The van der Waals surface area contributed by atoms with Gasteiger partial charge in [0.2, 0.25) is 5.91 Å². The molecular weight excluding hydrogens is 328 g/mol. The van der Waals surface area contributed by atoms with E-state index in [4.69, 9.17) is 15.6 Å². The van der Waals surface area contributed by atoms with Crippen molar-refractivity contribution in [1.29, 1.82) is 0 Å². The van der Waals surface area contributed by atoms with Gasteiger partial charge in [0.25, 0.3) is 5.79 Å². The molecule has 1 rings (SSSR count). The maximum atomic E-state index is 11.9. The summed E-state index contributed by atoms with van der Waals surface area (Å²) in [7, 11) is 0. The van der Waals surface area contributed by atoms with Crippen molar-refractivity contribution in [3.05, 3.63) is 0 Å². The molecule has 1 aliphatic rings. The van der Waals surface area contributed by atoms with E-state index in [1.165, 1.54) is 6.92 Å². The zero-order chi connectivity index (χ0) is 18.7. The number of aliphatic hydroxyl groups is 5. The Morgan fingerprint density at radius 1 is 1.46 bits per heavy atom. The van der Waals surface area contributed by atoms with E-state index < -0.39 is 60.8 Å². The minimum absolute atomic E-state index is 0.0907. The predicted octanol–water partition coefficient (Wildman–Crippen LogP) is -4.11. The first-order valence-electron chi connectivity index (χ1n) is 7.32. The van der Waals surface area contributed by atoms with E-state index >= 15 is 0 Å². The molecule has 0 aliphatic carbocycles. The molecule has 0 aromatic heterocycles. The topological polar surface area (TPSA) is 192 Å². The number of nitrogens with two attached hydrogens (primary N) is 1. The summed E-state index contributed by atoms with van der Waals surface area (Å²) in [5.74, 6) is -4.58. The summed E-state index contributed by atoms with van der Waals surface area (Å²) in [6.07, 6.45) is -8.04. The van der Waals surface area contributed by atoms with Gasteiger partial charge in [0.05, 0.1) is 19.3 Å². The Morgan fingerprint density at radius 2 is 2.04 bits per heavy atom. The average molecular weight is 352 g/mol. The van der Waals surface area contributed by atoms with Crippen molar-refractivity contribution in [3.63, 3.8) is 0 Å². The van der Waals surface area contributed by atoms with Crippen molar-refractivity contribution in [2.24, 2.45) is 5.73 Å². The number of ether oxygens (including phenoxy) is 2. The summed E-state index contributed by atoms with van der Waals surface area (Å²) < 4.78 is 9.77. The van der Waals surface area contributed by atoms with Crippen LogP contribution in [0.2, 0.25) is 0 Å². The molecule has 1 amide bonds. The molecule has 0 bridgehead atoms. The Labute approximate surface area is 138 Å². The molecule has 1 saturated heterocycles. The number of hydrogen-bond acceptors (Lipinski definition) is 10. The van der Waals surface area contributed by atoms with Gasteiger partial charge >= 0.3 is 5.97 Å². The van der Waals surface area contributed by atoms with E-state index in [2.05, 4.69) is 10.1 Å². The van der Waals surface area contributed by atoms with Gasteiger partial charge in [-0.2, -0.15) is 0 Å². The number of rotatable bonds is 6. The highest BCUT2D eigenvalue weighted by Gasteiger charge is 2.60. The van der Waals surface area contributed by atoms with Crippen LogP contribution in [0.3, 0.4) is 0 Å². The number of nitrogens with one attached hydrogen (secondary N) is 1. The number of carbonyl (C=O) groups is 2. The predicted molar refractivity (Wildman–Crippen MR) is 76.9 cm³/mol. The molecule has 0 aromatic carbocycles. The molecular formula is C13H24N2O9. The van der Waals surface area contributed by atoms with Gasteiger partial charge in [-0.3, -0.25) is 4.79 Å². The van der Waals surface area contributed by atoms with Crippen molar-refractivity contribution in [2.45, 2.75) is 56.1 Å². The molecule has 11 heteroatoms. The second-order valence-corrected chi connectivity index (χ2v) is 5.62. The van der Waals surface area contributed by atoms with E-state index in [0.29, 0.717) is 0 Å². The van der Waals surface area contributed by atoms with Crippen LogP contribution in [0.5, 0.6) is 0 Å². The minimum Gasteiger partial charge on any atom is -0.462 e. The molecule has 0 aromatic rings. The van der Waals surface area contributed by atoms with Crippen molar-refractivity contribution in [2.75, 3.05) is 13.2 Å². The molecule has 24 heavy (non-hydrogen) atoms. The highest BCUT2D eigenvalue weighted by molar-refractivity contribution is 5.78. The number of amides is 1. The second kappa shape index (κ2) is 7.70. The molecule has 1 heterocycles. The van der Waals surface area contributed by atoms with Gasteiger partial charge in [0.1, 0.15) is 24.0 Å². The largest absolute Gasteiger partial charge is 0.462 e. The molecule has 1 fully saturated rings. The van der Waals surface area contributed by atoms with Crippen molar-refractivity contribution < 1.29 is 44.6 Å². The van der Waals surface area contributed by atoms with Gasteiger partial charge < -0.3 is 46.1 Å². The Hall–Kier alpha value is -1.34. The van der Waals surface area contributed by atoms with Gasteiger partial charge in [0, 0.05) is 13.3 Å². The Morgan fingerprint density at radius 3 is 2.50 bits per heavy atom. The Kier molecular flexibility index (Phi) is 6.64. The average Bonchev–Trinajstić information content (AvgIpc) is 2.49. The van der Waals surface area contributed by atoms with Gasteiger partial charge in [0.15, 0.2) is 0 Å². The fourth-order valence-corrected chi connectivity index (χ4v) is 2.47. The summed E-state index contributed by atoms with van der Waals surface area (Å²) in [4.78, 5) is 23.2. The number of esters is 1. The Balaban J connectivity index is 3.24. The van der Waals surface area contributed by atoms with Crippen molar-refractivity contribution in [1.82, 2.24) is 5.32 Å². The fourth-order valence-electron chi connectivity index (χ4n) is 2.47. The van der Waals surface area contributed by atoms with Crippen LogP contribution in [-0.4, -0.2) is 86.5 Å². The van der Waals surface area contributed by atoms with Crippen LogP contribution in [0.15, 0.2) is 0 Å². The molecule has 6 atom stereocenters. The lowest BCUT2D eigenvalue weighted by molar-refractivity contribution is -0.312. The first-order valence-corrected chi connectivity index (χ1v) is 7.32. The van der Waals surface area contributed by atoms with E-state index in [1.54, 1.807) is 0 Å². The van der Waals surface area contributed by atoms with Crippen molar-refractivity contribution in [3.8, 4) is 0 Å². The van der Waals surface area contributed by atoms with Crippen LogP contribution in [0.25, 0.3) is 0 Å². The summed E-state index contributed by atoms with van der Waals surface area (Å²) in [5, 5.41) is 51.4. The van der Waals surface area contributed by atoms with E-state index in [-0.39, 0.29) is 6.61 Å². The molecule has 0 saturated carbocycles. The molecule has 140 valence electrons. The first kappa shape index (κ1) is 20.7. The zero-order valence-electron chi connectivity index (χ0n) is 13.4. The van der Waals surface area contributed by atoms with Crippen LogP contribution in [0.4, 0.5) is 0 Å². The summed E-state index contributed by atoms with van der Waals surface area (Å²) in [5.41, 5.74) is 3.77. The highest BCUT2D eigenvalue weighted by Crippen LogP contribution is 2.35. The third-order valence-corrected chi connectivity index (χ3v) is 3.69. The summed E-state index contributed by atoms with van der Waals surface area (Å²) in [6, 6.07) is 0. The van der Waals surface area contributed by atoms with Crippen LogP contribution in [0, 0.1) is 0 Å². The summed E-state index contributed by atoms with van der Waals surface area (Å²) >= 11 is 0. The molecule has 0 radical (unpaired) electrons. The van der Waals surface area contributed by atoms with Crippen LogP contribution >= 0.6 is 0 Å². The SMILES string of the molecule is CCOC(=O)C1(O)C[C@H](O)[C@](N)(NC(C)=O)[C@H](C(O)C(O)CO)O1. The lowest BCUT2D eigenvalue weighted by Gasteiger charge is -2.50. The Bertz CT molecular complexity index is 476. The lowest BCUT2D eigenvalue weighted by atomic mass is 9.83. The second-order valence-electron chi connectivity index (χ2n) is 5.62. The van der Waals surface area contributed by atoms with E-state index in [1.807, 2.05) is 0 Å². The third kappa shape index (κ3) is 4.00. The maximum absolute atomic E-state index is 11.9. The zero-order valence-corrected chi connectivity index (χ0v) is 13.4. The number of hydrogen-bond donors (Lipinski definition) is 7. The monoisotopic (exact) mass is 352 g/mol.